The van der Waals surface area contributed by atoms with Crippen LogP contribution in [0.2, 0.25) is 0 Å². The molecule has 6 heterocycles. The molecule has 5 aromatic heterocycles. The molecule has 9 heteroatoms. The molecule has 5 aromatic rings. The van der Waals surface area contributed by atoms with E-state index in [0.29, 0.717) is 0 Å². The number of aryl methyl sites for hydroxylation is 1. The van der Waals surface area contributed by atoms with Gasteiger partial charge in [-0.25, -0.2) is 9.50 Å². The second-order valence-electron chi connectivity index (χ2n) is 9.10. The highest BCUT2D eigenvalue weighted by Crippen LogP contribution is 2.32. The van der Waals surface area contributed by atoms with Crippen LogP contribution in [0.3, 0.4) is 0 Å². The van der Waals surface area contributed by atoms with Crippen LogP contribution in [0, 0.1) is 5.92 Å². The number of pyridine rings is 2. The van der Waals surface area contributed by atoms with E-state index in [-0.39, 0.29) is 11.8 Å². The molecule has 0 aliphatic carbocycles. The van der Waals surface area contributed by atoms with Crippen molar-refractivity contribution in [2.24, 2.45) is 13.0 Å². The van der Waals surface area contributed by atoms with Gasteiger partial charge in [-0.3, -0.25) is 9.48 Å². The first-order chi connectivity index (χ1) is 16.5. The van der Waals surface area contributed by atoms with Gasteiger partial charge >= 0.3 is 0 Å². The number of aromatic amines is 1. The molecular formula is C25H26N8O. The average molecular weight is 455 g/mol. The van der Waals surface area contributed by atoms with Crippen LogP contribution in [0.25, 0.3) is 38.8 Å². The van der Waals surface area contributed by atoms with Gasteiger partial charge in [0.25, 0.3) is 0 Å². The number of rotatable bonds is 4. The van der Waals surface area contributed by atoms with E-state index >= 15 is 0 Å². The van der Waals surface area contributed by atoms with E-state index in [1.54, 1.807) is 10.9 Å². The lowest BCUT2D eigenvalue weighted by atomic mass is 9.96. The fourth-order valence-electron chi connectivity index (χ4n) is 4.76. The third-order valence-corrected chi connectivity index (χ3v) is 6.74. The predicted octanol–water partition coefficient (Wildman–Crippen LogP) is 3.56. The molecule has 0 unspecified atom stereocenters. The van der Waals surface area contributed by atoms with Gasteiger partial charge in [-0.05, 0) is 56.7 Å². The number of fused-ring (bicyclic) bond motifs is 2. The van der Waals surface area contributed by atoms with Crippen LogP contribution < -0.4 is 5.32 Å². The molecule has 172 valence electrons. The molecule has 1 aliphatic rings. The number of hydrogen-bond acceptors (Lipinski definition) is 5. The van der Waals surface area contributed by atoms with Crippen LogP contribution in [0.5, 0.6) is 0 Å². The second-order valence-corrected chi connectivity index (χ2v) is 9.10. The minimum absolute atomic E-state index is 0.0489. The maximum absolute atomic E-state index is 12.8. The molecule has 0 radical (unpaired) electrons. The summed E-state index contributed by atoms with van der Waals surface area (Å²) in [6.07, 6.45) is 13.1. The van der Waals surface area contributed by atoms with Crippen molar-refractivity contribution in [2.75, 3.05) is 25.5 Å². The van der Waals surface area contributed by atoms with Crippen molar-refractivity contribution in [1.82, 2.24) is 34.3 Å². The minimum atomic E-state index is 0.0489. The SMILES string of the molecule is CN1CCC(C(=O)Nc2cnc3[nH]cc(-c4ccn5ncc(-c6cnn(C)c6)c5c4)c3c2)CC1. The third-order valence-electron chi connectivity index (χ3n) is 6.74. The van der Waals surface area contributed by atoms with E-state index in [1.807, 2.05) is 54.7 Å². The number of H-pyrrole nitrogens is 1. The molecule has 0 aromatic carbocycles. The Morgan fingerprint density at radius 2 is 1.91 bits per heavy atom. The van der Waals surface area contributed by atoms with E-state index in [9.17, 15) is 4.79 Å². The summed E-state index contributed by atoms with van der Waals surface area (Å²) in [7, 11) is 4.00. The number of carbonyl (C=O) groups is 1. The zero-order valence-electron chi connectivity index (χ0n) is 19.2. The summed E-state index contributed by atoms with van der Waals surface area (Å²) < 4.78 is 3.65. The van der Waals surface area contributed by atoms with Gasteiger partial charge in [0.2, 0.25) is 5.91 Å². The first-order valence-corrected chi connectivity index (χ1v) is 11.5. The lowest BCUT2D eigenvalue weighted by molar-refractivity contribution is -0.121. The van der Waals surface area contributed by atoms with Gasteiger partial charge in [0.1, 0.15) is 5.65 Å². The lowest BCUT2D eigenvalue weighted by Gasteiger charge is -2.28. The Morgan fingerprint density at radius 3 is 2.71 bits per heavy atom. The third kappa shape index (κ3) is 3.63. The highest BCUT2D eigenvalue weighted by Gasteiger charge is 2.23. The monoisotopic (exact) mass is 454 g/mol. The van der Waals surface area contributed by atoms with Gasteiger partial charge in [-0.1, -0.05) is 0 Å². The van der Waals surface area contributed by atoms with E-state index in [4.69, 9.17) is 0 Å². The van der Waals surface area contributed by atoms with E-state index in [2.05, 4.69) is 43.5 Å². The largest absolute Gasteiger partial charge is 0.346 e. The summed E-state index contributed by atoms with van der Waals surface area (Å²) in [6.45, 7) is 1.91. The fraction of sp³-hybridized carbons (Fsp3) is 0.280. The molecule has 0 spiro atoms. The number of likely N-dealkylation sites (tertiary alicyclic amines) is 1. The van der Waals surface area contributed by atoms with Crippen molar-refractivity contribution in [2.45, 2.75) is 12.8 Å². The zero-order valence-corrected chi connectivity index (χ0v) is 19.2. The summed E-state index contributed by atoms with van der Waals surface area (Å²) in [5.41, 5.74) is 6.63. The topological polar surface area (TPSA) is 96.1 Å². The van der Waals surface area contributed by atoms with Crippen molar-refractivity contribution in [3.05, 3.63) is 55.4 Å². The number of hydrogen-bond donors (Lipinski definition) is 2. The molecule has 1 saturated heterocycles. The first-order valence-electron chi connectivity index (χ1n) is 11.5. The molecule has 34 heavy (non-hydrogen) atoms. The molecule has 9 nitrogen and oxygen atoms in total. The van der Waals surface area contributed by atoms with Crippen molar-refractivity contribution >= 4 is 28.1 Å². The summed E-state index contributed by atoms with van der Waals surface area (Å²) in [4.78, 5) is 22.9. The van der Waals surface area contributed by atoms with Crippen molar-refractivity contribution in [3.8, 4) is 22.3 Å². The standard InChI is InChI=1S/C25H26N8O/c1-31-6-3-16(4-7-31)25(34)30-19-10-20-21(13-27-24(20)26-12-19)17-5-8-33-23(9-17)22(14-29-33)18-11-28-32(2)15-18/h5,8-16H,3-4,6-7H2,1-2H3,(H,26,27)(H,30,34). The summed E-state index contributed by atoms with van der Waals surface area (Å²) in [6, 6.07) is 6.17. The summed E-state index contributed by atoms with van der Waals surface area (Å²) in [5.74, 6) is 0.126. The zero-order chi connectivity index (χ0) is 23.2. The Kier molecular flexibility index (Phi) is 4.91. The van der Waals surface area contributed by atoms with Crippen LogP contribution in [0.1, 0.15) is 12.8 Å². The molecule has 1 aliphatic heterocycles. The first kappa shape index (κ1) is 20.6. The number of aromatic nitrogens is 6. The maximum Gasteiger partial charge on any atom is 0.227 e. The minimum Gasteiger partial charge on any atom is -0.346 e. The van der Waals surface area contributed by atoms with Crippen molar-refractivity contribution in [3.63, 3.8) is 0 Å². The Labute approximate surface area is 196 Å². The van der Waals surface area contributed by atoms with E-state index < -0.39 is 0 Å². The number of anilines is 1. The van der Waals surface area contributed by atoms with Gasteiger partial charge in [0.05, 0.1) is 29.8 Å². The maximum atomic E-state index is 12.8. The molecular weight excluding hydrogens is 428 g/mol. The normalized spacial score (nSPS) is 15.4. The molecule has 0 saturated carbocycles. The van der Waals surface area contributed by atoms with E-state index in [0.717, 1.165) is 70.4 Å². The Balaban J connectivity index is 1.33. The average Bonchev–Trinajstić information content (AvgIpc) is 3.56. The van der Waals surface area contributed by atoms with Gasteiger partial charge in [-0.15, -0.1) is 0 Å². The van der Waals surface area contributed by atoms with Crippen LogP contribution in [-0.4, -0.2) is 60.3 Å². The second kappa shape index (κ2) is 8.11. The molecule has 6 rings (SSSR count). The van der Waals surface area contributed by atoms with Gasteiger partial charge in [-0.2, -0.15) is 10.2 Å². The molecule has 2 N–H and O–H groups in total. The van der Waals surface area contributed by atoms with Gasteiger partial charge in [0.15, 0.2) is 0 Å². The number of carbonyl (C=O) groups excluding carboxylic acids is 1. The van der Waals surface area contributed by atoms with Crippen LogP contribution in [0.4, 0.5) is 5.69 Å². The van der Waals surface area contributed by atoms with Crippen LogP contribution >= 0.6 is 0 Å². The smallest absolute Gasteiger partial charge is 0.227 e. The van der Waals surface area contributed by atoms with Crippen LogP contribution in [-0.2, 0) is 11.8 Å². The molecule has 1 fully saturated rings. The molecule has 0 bridgehead atoms. The number of piperidine rings is 1. The summed E-state index contributed by atoms with van der Waals surface area (Å²) in [5, 5.41) is 12.8. The molecule has 0 atom stereocenters. The number of nitrogens with zero attached hydrogens (tertiary/aromatic N) is 6. The fourth-order valence-corrected chi connectivity index (χ4v) is 4.76. The quantitative estimate of drug-likeness (QED) is 0.433. The Morgan fingerprint density at radius 1 is 1.06 bits per heavy atom. The summed E-state index contributed by atoms with van der Waals surface area (Å²) >= 11 is 0. The van der Waals surface area contributed by atoms with Crippen LogP contribution in [0.15, 0.2) is 55.4 Å². The van der Waals surface area contributed by atoms with Gasteiger partial charge < -0.3 is 15.2 Å². The lowest BCUT2D eigenvalue weighted by Crippen LogP contribution is -2.35. The van der Waals surface area contributed by atoms with Crippen molar-refractivity contribution in [1.29, 1.82) is 0 Å². The predicted molar refractivity (Wildman–Crippen MR) is 131 cm³/mol. The van der Waals surface area contributed by atoms with Crippen molar-refractivity contribution < 1.29 is 4.79 Å². The number of nitrogens with one attached hydrogen (secondary N) is 2. The Hall–Kier alpha value is -3.98. The highest BCUT2D eigenvalue weighted by atomic mass is 16.1. The number of amides is 1. The van der Waals surface area contributed by atoms with E-state index in [1.165, 1.54) is 0 Å². The Bertz CT molecular complexity index is 1500. The highest BCUT2D eigenvalue weighted by molar-refractivity contribution is 5.99. The van der Waals surface area contributed by atoms with Gasteiger partial charge in [0, 0.05) is 53.6 Å². The molecule has 1 amide bonds.